The molecule has 4 fully saturated rings. The van der Waals surface area contributed by atoms with Crippen molar-refractivity contribution >= 4 is 325 Å². The number of carboxylic acids is 2. The van der Waals surface area contributed by atoms with E-state index in [4.69, 9.17) is 278 Å². The molecule has 8 bridgehead atoms. The van der Waals surface area contributed by atoms with Gasteiger partial charge in [0, 0.05) is 59.5 Å². The van der Waals surface area contributed by atoms with E-state index in [1.54, 1.807) is 0 Å². The van der Waals surface area contributed by atoms with Crippen molar-refractivity contribution in [1.82, 2.24) is 0 Å². The van der Waals surface area contributed by atoms with Crippen LogP contribution < -0.4 is 10.2 Å². The van der Waals surface area contributed by atoms with E-state index in [1.807, 2.05) is 0 Å². The van der Waals surface area contributed by atoms with E-state index in [2.05, 4.69) is 0 Å². The molecule has 0 heterocycles. The average molecular weight is 1550 g/mol. The van der Waals surface area contributed by atoms with E-state index >= 15 is 0 Å². The minimum absolute atomic E-state index is 0. The molecule has 10 nitrogen and oxygen atoms in total. The van der Waals surface area contributed by atoms with E-state index in [1.165, 1.54) is 0 Å². The van der Waals surface area contributed by atoms with Gasteiger partial charge in [0.1, 0.15) is 39.0 Å². The third-order valence-electron chi connectivity index (χ3n) is 17.3. The van der Waals surface area contributed by atoms with Crippen molar-refractivity contribution in [1.29, 1.82) is 0 Å². The molecule has 2 aromatic carbocycles. The number of fused-ring (bicyclic) bond motifs is 28. The number of carbonyl (C=O) groups excluding carboxylic acids is 2. The van der Waals surface area contributed by atoms with Crippen LogP contribution in [0, 0.1) is 43.9 Å². The van der Waals surface area contributed by atoms with Gasteiger partial charge in [-0.3, -0.25) is 20.2 Å². The van der Waals surface area contributed by atoms with Crippen LogP contribution in [-0.4, -0.2) is 101 Å². The Kier molecular flexibility index (Phi) is 14.7. The number of hydrogen-bond acceptors (Lipinski definition) is 8. The van der Waals surface area contributed by atoms with Crippen molar-refractivity contribution in [3.8, 4) is 0 Å². The standard InChI is InChI=1S/2C21H7Cl12NO4.Mg/c2*22-11-13(24)18(28)9-7(16(11,26)20(18,30)31)3-1-5(15(35)36)6(34(37)38)2-4(3)8-10(9)19(29)14(25)12(23)17(8,27)21(19,32)33;/h2*1-2,7-10H,(H,35,36);/q;;+2/p-2. The monoisotopic (exact) mass is 1540 g/mol. The molecule has 0 aromatic heterocycles. The van der Waals surface area contributed by atoms with Crippen molar-refractivity contribution < 1.29 is 29.6 Å². The number of nitro benzene ring substituents is 2. The number of hydrogen-bond donors (Lipinski definition) is 0. The van der Waals surface area contributed by atoms with E-state index in [0.29, 0.717) is 0 Å². The molecule has 0 spiro atoms. The molecule has 12 rings (SSSR count). The molecular weight excluding hydrogens is 1540 g/mol. The van der Waals surface area contributed by atoms with Crippen molar-refractivity contribution in [3.05, 3.63) is 118 Å². The summed E-state index contributed by atoms with van der Waals surface area (Å²) in [7, 11) is 0. The fraction of sp³-hybridized carbons (Fsp3) is 0.476. The molecule has 10 aliphatic carbocycles. The number of alkyl halides is 16. The van der Waals surface area contributed by atoms with Crippen LogP contribution >= 0.6 is 278 Å². The largest absolute Gasteiger partial charge is 2.00 e. The smallest absolute Gasteiger partial charge is 0.545 e. The Hall–Kier alpha value is 2.87. The Morgan fingerprint density at radius 3 is 0.688 bits per heavy atom. The first kappa shape index (κ1) is 62.9. The quantitative estimate of drug-likeness (QED) is 0.126. The summed E-state index contributed by atoms with van der Waals surface area (Å²) < 4.78 is -8.51. The van der Waals surface area contributed by atoms with Gasteiger partial charge in [0.2, 0.25) is 0 Å². The van der Waals surface area contributed by atoms with Gasteiger partial charge in [0.15, 0.2) is 17.3 Å². The molecule has 0 amide bonds. The van der Waals surface area contributed by atoms with Gasteiger partial charge in [-0.2, -0.15) is 0 Å². The Morgan fingerprint density at radius 1 is 0.351 bits per heavy atom. The van der Waals surface area contributed by atoms with Gasteiger partial charge < -0.3 is 19.8 Å². The van der Waals surface area contributed by atoms with Gasteiger partial charge in [-0.15, -0.1) is 92.8 Å². The topological polar surface area (TPSA) is 167 Å². The van der Waals surface area contributed by atoms with E-state index in [9.17, 15) is 40.0 Å². The van der Waals surface area contributed by atoms with Crippen LogP contribution in [-0.2, 0) is 0 Å². The molecule has 35 heteroatoms. The maximum atomic E-state index is 12.0. The Bertz CT molecular complexity index is 2990. The van der Waals surface area contributed by atoms with Crippen molar-refractivity contribution in [2.24, 2.45) is 23.7 Å². The van der Waals surface area contributed by atoms with Crippen LogP contribution in [0.1, 0.15) is 66.6 Å². The van der Waals surface area contributed by atoms with Crippen LogP contribution in [0.25, 0.3) is 0 Å². The van der Waals surface area contributed by atoms with Crippen molar-refractivity contribution in [3.63, 3.8) is 0 Å². The number of carboxylic acid groups (broad SMARTS) is 2. The number of halogens is 24. The van der Waals surface area contributed by atoms with E-state index in [-0.39, 0.29) is 85.6 Å². The second-order valence-electron chi connectivity index (χ2n) is 19.6. The zero-order valence-electron chi connectivity index (χ0n) is 35.9. The predicted octanol–water partition coefficient (Wildman–Crippen LogP) is 15.7. The first-order valence-corrected chi connectivity index (χ1v) is 29.9. The van der Waals surface area contributed by atoms with Crippen LogP contribution in [0.15, 0.2) is 64.5 Å². The molecule has 0 aliphatic heterocycles. The molecule has 0 saturated heterocycles. The fourth-order valence-electron chi connectivity index (χ4n) is 14.5. The zero-order chi connectivity index (χ0) is 57.0. The number of benzene rings is 2. The van der Waals surface area contributed by atoms with Crippen molar-refractivity contribution in [2.45, 2.75) is 80.0 Å². The SMILES string of the molecule is O=C([O-])c1cc2c(cc1[N+](=O)[O-])C1C(C3C2C2(Cl)C(Cl)=C(Cl)C3(Cl)C2(Cl)Cl)C2(Cl)C(Cl)=C(Cl)C1(Cl)C2(Cl)Cl.O=C([O-])c1cc2c(cc1[N+](=O)[O-])C1C(C3C2C2(Cl)C(Cl)=C(Cl)C3(Cl)C2(Cl)Cl)C2(Cl)C(Cl)=C(Cl)C1(Cl)C2(Cl)Cl.[Mg+2]. The maximum absolute atomic E-state index is 12.0. The molecular formula is C42H12Cl24MgN2O8. The normalized spacial score (nSPS) is 44.3. The number of aromatic carboxylic acids is 2. The predicted molar refractivity (Wildman–Crippen MR) is 307 cm³/mol. The molecule has 0 N–H and O–H groups in total. The molecule has 16 unspecified atom stereocenters. The van der Waals surface area contributed by atoms with E-state index < -0.39 is 148 Å². The number of nitrogens with zero attached hydrogens (tertiary/aromatic N) is 2. The zero-order valence-corrected chi connectivity index (χ0v) is 55.4. The molecule has 408 valence electrons. The van der Waals surface area contributed by atoms with Crippen LogP contribution in [0.4, 0.5) is 11.4 Å². The average Bonchev–Trinajstić information content (AvgIpc) is 4.09. The van der Waals surface area contributed by atoms with Crippen LogP contribution in [0.2, 0.25) is 0 Å². The minimum atomic E-state index is -2.13. The van der Waals surface area contributed by atoms with Gasteiger partial charge in [-0.25, -0.2) is 0 Å². The van der Waals surface area contributed by atoms with Crippen molar-refractivity contribution in [2.75, 3.05) is 0 Å². The van der Waals surface area contributed by atoms with Gasteiger partial charge >= 0.3 is 23.1 Å². The number of nitro groups is 2. The summed E-state index contributed by atoms with van der Waals surface area (Å²) in [6.07, 6.45) is 0. The summed E-state index contributed by atoms with van der Waals surface area (Å²) in [6.45, 7) is 0. The first-order chi connectivity index (χ1) is 34.5. The molecule has 77 heavy (non-hydrogen) atoms. The van der Waals surface area contributed by atoms with Gasteiger partial charge in [0.25, 0.3) is 11.4 Å². The third-order valence-corrected chi connectivity index (χ3v) is 34.4. The Labute approximate surface area is 568 Å². The number of carbonyl (C=O) groups is 2. The summed E-state index contributed by atoms with van der Waals surface area (Å²) in [5.74, 6) is -12.6. The number of allylic oxidation sites excluding steroid dienone is 8. The van der Waals surface area contributed by atoms with Gasteiger partial charge in [-0.1, -0.05) is 186 Å². The van der Waals surface area contributed by atoms with Crippen LogP contribution in [0.5, 0.6) is 0 Å². The molecule has 4 saturated carbocycles. The first-order valence-electron chi connectivity index (χ1n) is 20.8. The summed E-state index contributed by atoms with van der Waals surface area (Å²) in [6, 6.07) is 4.08. The fourth-order valence-corrected chi connectivity index (χ4v) is 26.6. The summed E-state index contributed by atoms with van der Waals surface area (Å²) in [4.78, 5) is 30.4. The maximum Gasteiger partial charge on any atom is 2.00 e. The van der Waals surface area contributed by atoms with E-state index in [0.717, 1.165) is 24.3 Å². The summed E-state index contributed by atoms with van der Waals surface area (Å²) in [5, 5.41) is 46.3. The number of rotatable bonds is 4. The van der Waals surface area contributed by atoms with Crippen LogP contribution in [0.3, 0.4) is 0 Å². The van der Waals surface area contributed by atoms with Gasteiger partial charge in [-0.05, 0) is 34.4 Å². The second-order valence-corrected chi connectivity index (χ2v) is 32.7. The molecule has 0 radical (unpaired) electrons. The minimum Gasteiger partial charge on any atom is -0.545 e. The Morgan fingerprint density at radius 2 is 0.519 bits per heavy atom. The van der Waals surface area contributed by atoms with Gasteiger partial charge in [0.05, 0.1) is 73.2 Å². The Balaban J connectivity index is 0.000000172. The molecule has 16 atom stereocenters. The summed E-state index contributed by atoms with van der Waals surface area (Å²) in [5.41, 5.74) is -2.67. The summed E-state index contributed by atoms with van der Waals surface area (Å²) >= 11 is 165. The molecule has 10 aliphatic rings. The second kappa shape index (κ2) is 18.0. The third kappa shape index (κ3) is 6.17. The molecule has 2 aromatic rings.